The summed E-state index contributed by atoms with van der Waals surface area (Å²) in [6.07, 6.45) is -10.2. The smallest absolute Gasteiger partial charge is 0.268 e. The zero-order chi connectivity index (χ0) is 23.6. The highest BCUT2D eigenvalue weighted by Crippen LogP contribution is 2.38. The number of carbonyl (C=O) groups excluding carboxylic acids is 2. The lowest BCUT2D eigenvalue weighted by molar-refractivity contribution is -0.143. The molecule has 2 amide bonds. The number of amides is 2. The molecule has 32 heavy (non-hydrogen) atoms. The number of aryl methyl sites for hydroxylation is 1. The zero-order valence-corrected chi connectivity index (χ0v) is 16.6. The van der Waals surface area contributed by atoms with E-state index < -0.39 is 35.6 Å². The molecule has 166 valence electrons. The topological polar surface area (TPSA) is 55.2 Å². The Bertz CT molecular complexity index is 1280. The van der Waals surface area contributed by atoms with Crippen molar-refractivity contribution in [3.8, 4) is 5.69 Å². The first-order valence-electron chi connectivity index (χ1n) is 8.83. The van der Waals surface area contributed by atoms with Crippen LogP contribution in [0.5, 0.6) is 0 Å². The van der Waals surface area contributed by atoms with Gasteiger partial charge in [-0.25, -0.2) is 9.58 Å². The quantitative estimate of drug-likeness (QED) is 0.356. The number of fused-ring (bicyclic) bond motifs is 1. The first-order valence-corrected chi connectivity index (χ1v) is 9.21. The van der Waals surface area contributed by atoms with Gasteiger partial charge in [0.05, 0.1) is 27.5 Å². The van der Waals surface area contributed by atoms with Gasteiger partial charge in [-0.05, 0) is 42.8 Å². The summed E-state index contributed by atoms with van der Waals surface area (Å²) in [7, 11) is 0. The normalized spacial score (nSPS) is 14.3. The van der Waals surface area contributed by atoms with Gasteiger partial charge in [0.1, 0.15) is 5.69 Å². The van der Waals surface area contributed by atoms with Crippen molar-refractivity contribution in [1.29, 1.82) is 0 Å². The van der Waals surface area contributed by atoms with Crippen molar-refractivity contribution >= 4 is 29.1 Å². The monoisotopic (exact) mass is 473 g/mol. The second-order valence-electron chi connectivity index (χ2n) is 6.90. The van der Waals surface area contributed by atoms with Crippen LogP contribution in [0.25, 0.3) is 5.69 Å². The number of benzene rings is 2. The third kappa shape index (κ3) is 3.42. The van der Waals surface area contributed by atoms with Crippen LogP contribution in [0.4, 0.5) is 32.0 Å². The minimum atomic E-state index is -5.11. The Morgan fingerprint density at radius 2 is 1.59 bits per heavy atom. The number of anilines is 1. The van der Waals surface area contributed by atoms with Gasteiger partial charge in [-0.15, -0.1) is 0 Å². The minimum absolute atomic E-state index is 0.0103. The van der Waals surface area contributed by atoms with Crippen LogP contribution in [0.3, 0.4) is 0 Å². The summed E-state index contributed by atoms with van der Waals surface area (Å²) >= 11 is 6.02. The summed E-state index contributed by atoms with van der Waals surface area (Å²) in [6.45, 7) is 1.39. The molecule has 2 heterocycles. The fourth-order valence-corrected chi connectivity index (χ4v) is 3.66. The molecule has 0 saturated heterocycles. The number of halogens is 7. The van der Waals surface area contributed by atoms with E-state index in [9.17, 15) is 35.9 Å². The molecule has 4 rings (SSSR count). The molecule has 0 unspecified atom stereocenters. The summed E-state index contributed by atoms with van der Waals surface area (Å²) in [4.78, 5) is 26.3. The molecule has 2 aromatic carbocycles. The van der Waals surface area contributed by atoms with Gasteiger partial charge in [0.2, 0.25) is 0 Å². The number of carbonyl (C=O) groups is 2. The SMILES string of the molecule is Cc1cc(-n2nc(C(F)(F)F)cc2C(F)(F)F)ccc1N1C(=O)c2cccc(Cl)c2C1=O. The third-order valence-electron chi connectivity index (χ3n) is 4.82. The number of rotatable bonds is 2. The van der Waals surface area contributed by atoms with E-state index in [2.05, 4.69) is 5.10 Å². The van der Waals surface area contributed by atoms with Gasteiger partial charge in [0.25, 0.3) is 11.8 Å². The Balaban J connectivity index is 1.80. The van der Waals surface area contributed by atoms with Crippen molar-refractivity contribution < 1.29 is 35.9 Å². The molecule has 0 spiro atoms. The maximum absolute atomic E-state index is 13.3. The fourth-order valence-electron chi connectivity index (χ4n) is 3.40. The Kier molecular flexibility index (Phi) is 4.85. The van der Waals surface area contributed by atoms with Crippen LogP contribution in [-0.2, 0) is 12.4 Å². The van der Waals surface area contributed by atoms with Crippen LogP contribution in [0.15, 0.2) is 42.5 Å². The lowest BCUT2D eigenvalue weighted by Gasteiger charge is -2.18. The predicted octanol–water partition coefficient (Wildman–Crippen LogP) is 5.67. The third-order valence-corrected chi connectivity index (χ3v) is 5.14. The van der Waals surface area contributed by atoms with Gasteiger partial charge in [-0.2, -0.15) is 31.4 Å². The zero-order valence-electron chi connectivity index (χ0n) is 15.8. The van der Waals surface area contributed by atoms with Gasteiger partial charge in [-0.3, -0.25) is 9.59 Å². The molecule has 1 aromatic heterocycles. The second-order valence-corrected chi connectivity index (χ2v) is 7.31. The van der Waals surface area contributed by atoms with Crippen molar-refractivity contribution in [3.63, 3.8) is 0 Å². The predicted molar refractivity (Wildman–Crippen MR) is 101 cm³/mol. The number of imide groups is 1. The van der Waals surface area contributed by atoms with Crippen LogP contribution in [0.1, 0.15) is 37.7 Å². The molecular formula is C20H10ClF6N3O2. The molecule has 1 aliphatic heterocycles. The maximum Gasteiger partial charge on any atom is 0.435 e. The number of nitrogens with zero attached hydrogens (tertiary/aromatic N) is 3. The maximum atomic E-state index is 13.3. The number of aromatic nitrogens is 2. The highest BCUT2D eigenvalue weighted by Gasteiger charge is 2.43. The molecule has 0 fully saturated rings. The summed E-state index contributed by atoms with van der Waals surface area (Å²) in [6, 6.07) is 7.53. The number of hydrogen-bond donors (Lipinski definition) is 0. The van der Waals surface area contributed by atoms with E-state index in [1.54, 1.807) is 0 Å². The number of hydrogen-bond acceptors (Lipinski definition) is 3. The van der Waals surface area contributed by atoms with Gasteiger partial charge in [0.15, 0.2) is 5.69 Å². The fraction of sp³-hybridized carbons (Fsp3) is 0.150. The minimum Gasteiger partial charge on any atom is -0.268 e. The van der Waals surface area contributed by atoms with Crippen LogP contribution >= 0.6 is 11.6 Å². The van der Waals surface area contributed by atoms with Crippen LogP contribution in [0, 0.1) is 6.92 Å². The Morgan fingerprint density at radius 1 is 0.906 bits per heavy atom. The molecular weight excluding hydrogens is 464 g/mol. The van der Waals surface area contributed by atoms with E-state index in [0.29, 0.717) is 0 Å². The van der Waals surface area contributed by atoms with E-state index >= 15 is 0 Å². The Labute approximate surface area is 180 Å². The van der Waals surface area contributed by atoms with Gasteiger partial charge < -0.3 is 0 Å². The molecule has 0 radical (unpaired) electrons. The van der Waals surface area contributed by atoms with E-state index in [-0.39, 0.29) is 43.8 Å². The first-order chi connectivity index (χ1) is 14.8. The highest BCUT2D eigenvalue weighted by molar-refractivity contribution is 6.42. The Hall–Kier alpha value is -3.34. The standard InChI is InChI=1S/C20H10ClF6N3O2/c1-9-7-10(30-15(20(25,26)27)8-14(28-30)19(22,23)24)5-6-13(9)29-17(31)11-3-2-4-12(21)16(11)18(29)32/h2-8H,1H3. The van der Waals surface area contributed by atoms with E-state index in [1.807, 2.05) is 0 Å². The second kappa shape index (κ2) is 7.09. The first kappa shape index (κ1) is 21.9. The summed E-state index contributed by atoms with van der Waals surface area (Å²) in [5, 5.41) is 3.13. The number of alkyl halides is 6. The van der Waals surface area contributed by atoms with E-state index in [0.717, 1.165) is 23.1 Å². The van der Waals surface area contributed by atoms with Crippen LogP contribution in [-0.4, -0.2) is 21.6 Å². The molecule has 0 N–H and O–H groups in total. The molecule has 0 aliphatic carbocycles. The lowest BCUT2D eigenvalue weighted by Crippen LogP contribution is -2.30. The van der Waals surface area contributed by atoms with Gasteiger partial charge in [0, 0.05) is 6.07 Å². The van der Waals surface area contributed by atoms with Crippen molar-refractivity contribution in [2.24, 2.45) is 0 Å². The lowest BCUT2D eigenvalue weighted by atomic mass is 10.1. The molecule has 0 saturated carbocycles. The molecule has 3 aromatic rings. The molecule has 12 heteroatoms. The molecule has 5 nitrogen and oxygen atoms in total. The van der Waals surface area contributed by atoms with Gasteiger partial charge >= 0.3 is 12.4 Å². The van der Waals surface area contributed by atoms with Crippen molar-refractivity contribution in [1.82, 2.24) is 9.78 Å². The Morgan fingerprint density at radius 3 is 2.16 bits per heavy atom. The van der Waals surface area contributed by atoms with Crippen molar-refractivity contribution in [2.75, 3.05) is 4.90 Å². The van der Waals surface area contributed by atoms with E-state index in [4.69, 9.17) is 11.6 Å². The summed E-state index contributed by atoms with van der Waals surface area (Å²) in [5.41, 5.74) is -3.40. The van der Waals surface area contributed by atoms with Crippen molar-refractivity contribution in [2.45, 2.75) is 19.3 Å². The van der Waals surface area contributed by atoms with Crippen molar-refractivity contribution in [3.05, 3.63) is 75.6 Å². The molecule has 0 atom stereocenters. The largest absolute Gasteiger partial charge is 0.435 e. The van der Waals surface area contributed by atoms with Crippen LogP contribution < -0.4 is 4.90 Å². The van der Waals surface area contributed by atoms with Crippen LogP contribution in [0.2, 0.25) is 5.02 Å². The summed E-state index contributed by atoms with van der Waals surface area (Å²) < 4.78 is 78.9. The molecule has 0 bridgehead atoms. The average Bonchev–Trinajstić information content (AvgIpc) is 3.24. The summed E-state index contributed by atoms with van der Waals surface area (Å²) in [5.74, 6) is -1.40. The highest BCUT2D eigenvalue weighted by atomic mass is 35.5. The average molecular weight is 474 g/mol. The van der Waals surface area contributed by atoms with E-state index in [1.165, 1.54) is 25.1 Å². The van der Waals surface area contributed by atoms with Gasteiger partial charge in [-0.1, -0.05) is 17.7 Å². The molecule has 1 aliphatic rings.